The summed E-state index contributed by atoms with van der Waals surface area (Å²) in [6, 6.07) is 2.08. The first-order valence-corrected chi connectivity index (χ1v) is 6.93. The molecule has 0 aromatic carbocycles. The number of hydrogen-bond donors (Lipinski definition) is 3. The molecule has 104 valence electrons. The standard InChI is InChI=1S/C12H15N7S/c1-7-3-9-10(14-4-8-5-15-19(2)6-8)16-12(18-13)17-11(9)20-7/h3,5-6H,4,13H2,1-2H3,(H2,14,16,17,18). The zero-order valence-corrected chi connectivity index (χ0v) is 12.0. The summed E-state index contributed by atoms with van der Waals surface area (Å²) in [5.41, 5.74) is 3.59. The molecule has 3 rings (SSSR count). The molecule has 7 nitrogen and oxygen atoms in total. The lowest BCUT2D eigenvalue weighted by molar-refractivity contribution is 0.767. The molecule has 3 aromatic rings. The molecule has 0 fully saturated rings. The highest BCUT2D eigenvalue weighted by Crippen LogP contribution is 2.29. The van der Waals surface area contributed by atoms with Crippen molar-refractivity contribution < 1.29 is 0 Å². The summed E-state index contributed by atoms with van der Waals surface area (Å²) < 4.78 is 1.77. The quantitative estimate of drug-likeness (QED) is 0.499. The highest BCUT2D eigenvalue weighted by atomic mass is 32.1. The van der Waals surface area contributed by atoms with E-state index in [2.05, 4.69) is 31.9 Å². The number of nitrogens with two attached hydrogens (primary N) is 1. The van der Waals surface area contributed by atoms with Crippen LogP contribution in [-0.2, 0) is 13.6 Å². The van der Waals surface area contributed by atoms with Crippen LogP contribution in [0, 0.1) is 6.92 Å². The first kappa shape index (κ1) is 12.8. The van der Waals surface area contributed by atoms with Gasteiger partial charge in [-0.3, -0.25) is 10.1 Å². The minimum atomic E-state index is 0.410. The number of thiophene rings is 1. The van der Waals surface area contributed by atoms with E-state index in [1.165, 1.54) is 4.88 Å². The largest absolute Gasteiger partial charge is 0.365 e. The Morgan fingerprint density at radius 2 is 2.25 bits per heavy atom. The van der Waals surface area contributed by atoms with E-state index in [-0.39, 0.29) is 0 Å². The fourth-order valence-electron chi connectivity index (χ4n) is 1.99. The smallest absolute Gasteiger partial charge is 0.240 e. The summed E-state index contributed by atoms with van der Waals surface area (Å²) in [5, 5.41) is 8.46. The van der Waals surface area contributed by atoms with Crippen molar-refractivity contribution in [2.24, 2.45) is 12.9 Å². The number of aryl methyl sites for hydroxylation is 2. The second-order valence-corrected chi connectivity index (χ2v) is 5.73. The Hall–Kier alpha value is -2.19. The molecular weight excluding hydrogens is 274 g/mol. The van der Waals surface area contributed by atoms with E-state index in [0.717, 1.165) is 21.6 Å². The van der Waals surface area contributed by atoms with Crippen LogP contribution in [0.4, 0.5) is 11.8 Å². The van der Waals surface area contributed by atoms with Gasteiger partial charge in [0.2, 0.25) is 5.95 Å². The van der Waals surface area contributed by atoms with Crippen molar-refractivity contribution in [1.82, 2.24) is 19.7 Å². The van der Waals surface area contributed by atoms with Gasteiger partial charge >= 0.3 is 0 Å². The molecule has 0 aliphatic carbocycles. The van der Waals surface area contributed by atoms with E-state index < -0.39 is 0 Å². The first-order valence-electron chi connectivity index (χ1n) is 6.12. The number of nitrogens with zero attached hydrogens (tertiary/aromatic N) is 4. The van der Waals surface area contributed by atoms with Crippen molar-refractivity contribution >= 4 is 33.3 Å². The van der Waals surface area contributed by atoms with Gasteiger partial charge in [-0.15, -0.1) is 11.3 Å². The van der Waals surface area contributed by atoms with Crippen molar-refractivity contribution in [2.45, 2.75) is 13.5 Å². The average Bonchev–Trinajstić information content (AvgIpc) is 3.00. The Labute approximate surface area is 119 Å². The third kappa shape index (κ3) is 2.43. The van der Waals surface area contributed by atoms with Crippen LogP contribution in [0.1, 0.15) is 10.4 Å². The maximum Gasteiger partial charge on any atom is 0.240 e. The van der Waals surface area contributed by atoms with Crippen molar-refractivity contribution in [3.8, 4) is 0 Å². The molecule has 4 N–H and O–H groups in total. The van der Waals surface area contributed by atoms with Gasteiger partial charge in [0.15, 0.2) is 0 Å². The average molecular weight is 289 g/mol. The maximum absolute atomic E-state index is 5.42. The maximum atomic E-state index is 5.42. The Bertz CT molecular complexity index is 745. The van der Waals surface area contributed by atoms with Crippen LogP contribution in [0.2, 0.25) is 0 Å². The Morgan fingerprint density at radius 3 is 2.95 bits per heavy atom. The van der Waals surface area contributed by atoms with Gasteiger partial charge in [-0.25, -0.2) is 10.8 Å². The molecule has 0 aliphatic heterocycles. The van der Waals surface area contributed by atoms with Crippen molar-refractivity contribution in [2.75, 3.05) is 10.7 Å². The lowest BCUT2D eigenvalue weighted by atomic mass is 10.3. The number of hydrazine groups is 1. The van der Waals surface area contributed by atoms with E-state index in [4.69, 9.17) is 5.84 Å². The molecule has 0 atom stereocenters. The second-order valence-electron chi connectivity index (χ2n) is 4.49. The third-order valence-electron chi connectivity index (χ3n) is 2.86. The molecule has 0 unspecified atom stereocenters. The van der Waals surface area contributed by atoms with Gasteiger partial charge in [-0.2, -0.15) is 10.1 Å². The summed E-state index contributed by atoms with van der Waals surface area (Å²) in [4.78, 5) is 10.8. The van der Waals surface area contributed by atoms with E-state index >= 15 is 0 Å². The molecule has 0 bridgehead atoms. The van der Waals surface area contributed by atoms with Gasteiger partial charge in [-0.05, 0) is 13.0 Å². The van der Waals surface area contributed by atoms with Gasteiger partial charge in [0.25, 0.3) is 0 Å². The van der Waals surface area contributed by atoms with Crippen LogP contribution in [0.25, 0.3) is 10.2 Å². The fraction of sp³-hybridized carbons (Fsp3) is 0.250. The Balaban J connectivity index is 1.92. The monoisotopic (exact) mass is 289 g/mol. The molecule has 0 radical (unpaired) electrons. The molecule has 20 heavy (non-hydrogen) atoms. The molecular formula is C12H15N7S. The van der Waals surface area contributed by atoms with Crippen LogP contribution in [0.15, 0.2) is 18.5 Å². The van der Waals surface area contributed by atoms with Crippen molar-refractivity contribution in [1.29, 1.82) is 0 Å². The topological polar surface area (TPSA) is 93.7 Å². The predicted molar refractivity (Wildman–Crippen MR) is 80.5 cm³/mol. The van der Waals surface area contributed by atoms with Crippen LogP contribution in [0.5, 0.6) is 0 Å². The number of rotatable bonds is 4. The molecule has 3 heterocycles. The van der Waals surface area contributed by atoms with Crippen LogP contribution in [-0.4, -0.2) is 19.7 Å². The van der Waals surface area contributed by atoms with Gasteiger partial charge in [0, 0.05) is 30.2 Å². The summed E-state index contributed by atoms with van der Waals surface area (Å²) in [6.45, 7) is 2.70. The Morgan fingerprint density at radius 1 is 1.40 bits per heavy atom. The van der Waals surface area contributed by atoms with Gasteiger partial charge < -0.3 is 5.32 Å². The zero-order chi connectivity index (χ0) is 14.1. The number of aromatic nitrogens is 4. The molecule has 0 spiro atoms. The lowest BCUT2D eigenvalue weighted by Crippen LogP contribution is -2.12. The third-order valence-corrected chi connectivity index (χ3v) is 3.81. The molecule has 8 heteroatoms. The Kier molecular flexibility index (Phi) is 3.25. The van der Waals surface area contributed by atoms with E-state index in [0.29, 0.717) is 12.5 Å². The van der Waals surface area contributed by atoms with Crippen molar-refractivity contribution in [3.63, 3.8) is 0 Å². The minimum absolute atomic E-state index is 0.410. The second kappa shape index (κ2) is 5.06. The highest BCUT2D eigenvalue weighted by Gasteiger charge is 2.10. The number of fused-ring (bicyclic) bond motifs is 1. The summed E-state index contributed by atoms with van der Waals surface area (Å²) in [5.74, 6) is 6.60. The number of hydrogen-bond acceptors (Lipinski definition) is 7. The minimum Gasteiger partial charge on any atom is -0.365 e. The van der Waals surface area contributed by atoms with Crippen LogP contribution < -0.4 is 16.6 Å². The van der Waals surface area contributed by atoms with E-state index in [1.807, 2.05) is 26.4 Å². The number of nitrogen functional groups attached to an aromatic ring is 1. The molecule has 0 saturated heterocycles. The van der Waals surface area contributed by atoms with Crippen LogP contribution in [0.3, 0.4) is 0 Å². The van der Waals surface area contributed by atoms with Gasteiger partial charge in [0.1, 0.15) is 10.6 Å². The van der Waals surface area contributed by atoms with Crippen LogP contribution >= 0.6 is 11.3 Å². The van der Waals surface area contributed by atoms with Crippen molar-refractivity contribution in [3.05, 3.63) is 28.9 Å². The molecule has 0 aliphatic rings. The zero-order valence-electron chi connectivity index (χ0n) is 11.2. The summed E-state index contributed by atoms with van der Waals surface area (Å²) in [6.07, 6.45) is 3.79. The first-order chi connectivity index (χ1) is 9.65. The lowest BCUT2D eigenvalue weighted by Gasteiger charge is -2.07. The van der Waals surface area contributed by atoms with E-state index in [1.54, 1.807) is 16.0 Å². The SMILES string of the molecule is Cc1cc2c(NCc3cnn(C)c3)nc(NN)nc2s1. The molecule has 3 aromatic heterocycles. The summed E-state index contributed by atoms with van der Waals surface area (Å²) in [7, 11) is 1.89. The molecule has 0 amide bonds. The van der Waals surface area contributed by atoms with Gasteiger partial charge in [0.05, 0.1) is 11.6 Å². The van der Waals surface area contributed by atoms with Gasteiger partial charge in [-0.1, -0.05) is 0 Å². The fourth-order valence-corrected chi connectivity index (χ4v) is 2.87. The number of nitrogens with one attached hydrogen (secondary N) is 2. The number of anilines is 2. The predicted octanol–water partition coefficient (Wildman–Crippen LogP) is 1.63. The van der Waals surface area contributed by atoms with E-state index in [9.17, 15) is 0 Å². The normalized spacial score (nSPS) is 10.9. The molecule has 0 saturated carbocycles. The summed E-state index contributed by atoms with van der Waals surface area (Å²) >= 11 is 1.62. The highest BCUT2D eigenvalue weighted by molar-refractivity contribution is 7.18.